The summed E-state index contributed by atoms with van der Waals surface area (Å²) in [7, 11) is 0. The van der Waals surface area contributed by atoms with E-state index in [1.807, 2.05) is 6.92 Å². The van der Waals surface area contributed by atoms with Crippen LogP contribution in [-0.2, 0) is 61.6 Å². The number of aliphatic hydroxyl groups is 15. The van der Waals surface area contributed by atoms with Gasteiger partial charge in [-0.15, -0.1) is 0 Å². The van der Waals surface area contributed by atoms with Crippen molar-refractivity contribution in [3.05, 3.63) is 11.6 Å². The molecule has 6 heterocycles. The van der Waals surface area contributed by atoms with Crippen LogP contribution in [0.3, 0.4) is 0 Å². The lowest BCUT2D eigenvalue weighted by molar-refractivity contribution is -0.336. The first kappa shape index (κ1) is 74.0. The van der Waals surface area contributed by atoms with Crippen LogP contribution in [0.2, 0.25) is 0 Å². The number of hydrogen-bond donors (Lipinski definition) is 15. The van der Waals surface area contributed by atoms with Gasteiger partial charge >= 0.3 is 0 Å². The molecule has 0 aromatic heterocycles. The number of ketones is 1. The van der Waals surface area contributed by atoms with Crippen molar-refractivity contribution in [2.24, 2.45) is 45.8 Å². The topological polar surface area (TPSA) is 431 Å². The molecular formula is C65H108O28. The summed E-state index contributed by atoms with van der Waals surface area (Å²) in [6, 6.07) is 0. The van der Waals surface area contributed by atoms with Crippen molar-refractivity contribution in [2.75, 3.05) is 46.2 Å². The predicted molar refractivity (Wildman–Crippen MR) is 319 cm³/mol. The van der Waals surface area contributed by atoms with E-state index in [0.29, 0.717) is 32.1 Å². The minimum atomic E-state index is -1.76. The predicted octanol–water partition coefficient (Wildman–Crippen LogP) is -1.59. The molecule has 9 fully saturated rings. The summed E-state index contributed by atoms with van der Waals surface area (Å²) >= 11 is 0. The first-order valence-corrected chi connectivity index (χ1v) is 34.0. The summed E-state index contributed by atoms with van der Waals surface area (Å²) in [5.74, 6) is 0.199. The number of Topliss-reactive ketones (excluding diaryl/α,β-unsaturated/α-hetero) is 1. The first-order chi connectivity index (χ1) is 44.0. The molecule has 28 heteroatoms. The van der Waals surface area contributed by atoms with Crippen molar-refractivity contribution in [3.63, 3.8) is 0 Å². The number of rotatable bonds is 24. The van der Waals surface area contributed by atoms with E-state index in [4.69, 9.17) is 56.8 Å². The lowest BCUT2D eigenvalue weighted by atomic mass is 9.42. The van der Waals surface area contributed by atoms with E-state index in [1.54, 1.807) is 13.8 Å². The van der Waals surface area contributed by atoms with Crippen LogP contribution >= 0.6 is 0 Å². The molecular weight excluding hydrogens is 1230 g/mol. The molecule has 10 aliphatic rings. The third kappa shape index (κ3) is 15.9. The molecule has 15 N–H and O–H groups in total. The molecule has 0 radical (unpaired) electrons. The molecule has 0 spiro atoms. The average molecular weight is 1340 g/mol. The highest BCUT2D eigenvalue weighted by molar-refractivity contribution is 5.88. The summed E-state index contributed by atoms with van der Waals surface area (Å²) in [6.07, 6.45) is -21.9. The molecule has 10 rings (SSSR count). The zero-order chi connectivity index (χ0) is 67.2. The smallest absolute Gasteiger partial charge is 0.187 e. The Kier molecular flexibility index (Phi) is 24.4. The molecule has 536 valence electrons. The Morgan fingerprint density at radius 1 is 0.570 bits per heavy atom. The molecule has 3 saturated carbocycles. The van der Waals surface area contributed by atoms with Gasteiger partial charge in [0, 0.05) is 62.2 Å². The van der Waals surface area contributed by atoms with Crippen molar-refractivity contribution in [1.29, 1.82) is 0 Å². The normalized spacial score (nSPS) is 48.9. The lowest BCUT2D eigenvalue weighted by Crippen LogP contribution is -2.61. The van der Waals surface area contributed by atoms with Crippen molar-refractivity contribution >= 4 is 5.78 Å². The summed E-state index contributed by atoms with van der Waals surface area (Å²) in [5.41, 5.74) is -2.78. The van der Waals surface area contributed by atoms with E-state index < -0.39 is 183 Å². The van der Waals surface area contributed by atoms with Crippen LogP contribution in [0.5, 0.6) is 0 Å². The molecule has 28 nitrogen and oxygen atoms in total. The fourth-order valence-electron chi connectivity index (χ4n) is 17.5. The zero-order valence-electron chi connectivity index (χ0n) is 54.5. The number of hydrogen-bond acceptors (Lipinski definition) is 28. The molecule has 6 aliphatic heterocycles. The van der Waals surface area contributed by atoms with E-state index in [2.05, 4.69) is 26.8 Å². The van der Waals surface area contributed by atoms with Crippen LogP contribution in [0.15, 0.2) is 11.6 Å². The third-order valence-electron chi connectivity index (χ3n) is 23.1. The molecule has 0 aromatic rings. The van der Waals surface area contributed by atoms with Crippen LogP contribution in [0.25, 0.3) is 0 Å². The third-order valence-corrected chi connectivity index (χ3v) is 23.1. The van der Waals surface area contributed by atoms with Crippen LogP contribution < -0.4 is 0 Å². The molecule has 4 aliphatic carbocycles. The fourth-order valence-corrected chi connectivity index (χ4v) is 17.5. The molecule has 2 unspecified atom stereocenters. The maximum absolute atomic E-state index is 15.4. The number of ether oxygens (including phenoxy) is 12. The van der Waals surface area contributed by atoms with Gasteiger partial charge in [0.1, 0.15) is 60.7 Å². The van der Waals surface area contributed by atoms with E-state index in [-0.39, 0.29) is 125 Å². The van der Waals surface area contributed by atoms with Crippen LogP contribution in [0, 0.1) is 45.8 Å². The second kappa shape index (κ2) is 30.7. The van der Waals surface area contributed by atoms with Crippen molar-refractivity contribution in [1.82, 2.24) is 0 Å². The Balaban J connectivity index is 0.772. The Morgan fingerprint density at radius 2 is 1.16 bits per heavy atom. The minimum absolute atomic E-state index is 0.00629. The second-order valence-corrected chi connectivity index (χ2v) is 29.9. The minimum Gasteiger partial charge on any atom is -0.394 e. The number of aliphatic hydroxyl groups excluding tert-OH is 14. The highest BCUT2D eigenvalue weighted by atomic mass is 16.8. The highest BCUT2D eigenvalue weighted by Gasteiger charge is 2.66. The quantitative estimate of drug-likeness (QED) is 0.0485. The molecule has 6 saturated heterocycles. The second-order valence-electron chi connectivity index (χ2n) is 29.9. The van der Waals surface area contributed by atoms with Gasteiger partial charge in [0.2, 0.25) is 0 Å². The Labute approximate surface area is 543 Å². The van der Waals surface area contributed by atoms with Gasteiger partial charge in [0.25, 0.3) is 0 Å². The SMILES string of the molecule is C[C@H](CC[C@@H](O[C@@H]1O[C@H](CO[C@H]2C[C@@H](O)[C@H](O)[C@@H](CO[C@H]3C[C@@H](O)C[C@@H](CO)O3)O2)[C@@H](O)[C@H](O)[C@H]1O)C(C)(C)O)[C@H]1CCC2[C@@H]3CC=C4C(CC[C@H](O)[C@@]4(C)CO[C@@H]4O[C@H](CO[C@H]5C[C@@H](O)[C@H](O)[C@@H](CO)O5)C[C@H](O)[C@H]4O[C@H]4C[C@@H](O)C[C@@H](CO)O4)[C@]3(C)C(=O)C[C@@]21C. The summed E-state index contributed by atoms with van der Waals surface area (Å²) in [4.78, 5) is 15.4. The van der Waals surface area contributed by atoms with Crippen molar-refractivity contribution < 1.29 is 138 Å². The molecule has 93 heavy (non-hydrogen) atoms. The lowest BCUT2D eigenvalue weighted by Gasteiger charge is -2.61. The first-order valence-electron chi connectivity index (χ1n) is 34.0. The average Bonchev–Trinajstić information content (AvgIpc) is 1.68. The van der Waals surface area contributed by atoms with E-state index in [9.17, 15) is 76.6 Å². The number of carbonyl (C=O) groups excluding carboxylic acids is 1. The highest BCUT2D eigenvalue weighted by Crippen LogP contribution is 2.69. The Hall–Kier alpha value is -1.67. The van der Waals surface area contributed by atoms with Gasteiger partial charge in [-0.25, -0.2) is 0 Å². The summed E-state index contributed by atoms with van der Waals surface area (Å²) < 4.78 is 72.8. The molecule has 0 amide bonds. The Morgan fingerprint density at radius 3 is 1.80 bits per heavy atom. The van der Waals surface area contributed by atoms with Gasteiger partial charge in [-0.05, 0) is 93.8 Å². The Bertz CT molecular complexity index is 2440. The van der Waals surface area contributed by atoms with Gasteiger partial charge < -0.3 is 133 Å². The molecule has 0 bridgehead atoms. The van der Waals surface area contributed by atoms with Crippen molar-refractivity contribution in [2.45, 2.75) is 297 Å². The number of carbonyl (C=O) groups is 1. The van der Waals surface area contributed by atoms with Gasteiger partial charge in [0.05, 0.1) is 113 Å². The van der Waals surface area contributed by atoms with Crippen molar-refractivity contribution in [3.8, 4) is 0 Å². The van der Waals surface area contributed by atoms with E-state index >= 15 is 4.79 Å². The number of fused-ring (bicyclic) bond motifs is 5. The van der Waals surface area contributed by atoms with E-state index in [0.717, 1.165) is 18.4 Å². The largest absolute Gasteiger partial charge is 0.394 e. The van der Waals surface area contributed by atoms with Crippen LogP contribution in [0.4, 0.5) is 0 Å². The number of allylic oxidation sites excluding steroid dienone is 1. The maximum Gasteiger partial charge on any atom is 0.187 e. The maximum atomic E-state index is 15.4. The summed E-state index contributed by atoms with van der Waals surface area (Å²) in [5, 5.41) is 161. The zero-order valence-corrected chi connectivity index (χ0v) is 54.5. The monoisotopic (exact) mass is 1340 g/mol. The van der Waals surface area contributed by atoms with Crippen LogP contribution in [0.1, 0.15) is 138 Å². The fraction of sp³-hybridized carbons (Fsp3) is 0.954. The standard InChI is InChI=1S/C65H108O28/c1-30(7-14-49(62(2,3)81)92-60-58(80)57(79)56(78)46(91-60)28-84-52-21-42(72)55(77)45(90-52)27-83-50-17-31(69)15-33(23-66)86-50)36-8-9-37-39-11-10-38-40(65(39,6)48(75)22-63(36,37)4)12-13-47(74)64(38,5)29-85-61-59(93-53-18-32(70)16-34(24-67)87-53)43(73)19-35(88-61)26-82-51-20-41(71)54(76)44(25-68)89-51/h10,30-37,39-47,49-61,66-74,76-81H,7-9,11-29H2,1-6H3/t30-,31+,32+,33+,34+,35+,36-,37?,39+,40?,41-,42-,43+,44-,45-,46-,47+,49-,50-,51-,52-,53+,54+,55+,56-,57+,58-,59-,60+,61-,63-,64+,65-/m1/s1. The van der Waals surface area contributed by atoms with Gasteiger partial charge in [-0.2, -0.15) is 0 Å². The van der Waals surface area contributed by atoms with Gasteiger partial charge in [-0.1, -0.05) is 39.3 Å². The van der Waals surface area contributed by atoms with Crippen LogP contribution in [-0.4, -0.2) is 288 Å². The molecule has 0 aromatic carbocycles. The molecule has 33 atom stereocenters. The van der Waals surface area contributed by atoms with Gasteiger partial charge in [0.15, 0.2) is 37.7 Å². The van der Waals surface area contributed by atoms with E-state index in [1.165, 1.54) is 0 Å². The van der Waals surface area contributed by atoms with Gasteiger partial charge in [-0.3, -0.25) is 4.79 Å². The summed E-state index contributed by atoms with van der Waals surface area (Å²) in [6.45, 7) is 9.37.